The molecule has 0 saturated carbocycles. The van der Waals surface area contributed by atoms with Crippen LogP contribution < -0.4 is 5.73 Å². The van der Waals surface area contributed by atoms with Crippen molar-refractivity contribution in [1.29, 1.82) is 0 Å². The minimum absolute atomic E-state index is 0.0135. The molecule has 4 unspecified atom stereocenters. The van der Waals surface area contributed by atoms with Crippen LogP contribution in [-0.4, -0.2) is 40.3 Å². The highest BCUT2D eigenvalue weighted by molar-refractivity contribution is 5.80. The number of halogens is 1. The fourth-order valence-electron chi connectivity index (χ4n) is 3.19. The van der Waals surface area contributed by atoms with Crippen molar-refractivity contribution in [1.82, 2.24) is 0 Å². The first-order valence-corrected chi connectivity index (χ1v) is 9.82. The molecule has 158 valence electrons. The van der Waals surface area contributed by atoms with Gasteiger partial charge in [0.25, 0.3) is 0 Å². The molecule has 6 nitrogen and oxygen atoms in total. The lowest BCUT2D eigenvalue weighted by atomic mass is 9.86. The Morgan fingerprint density at radius 1 is 1.10 bits per heavy atom. The molecular formula is C22H30FN3O3. The molecule has 0 spiro atoms. The SMILES string of the molecule is CC(CCC=NC1=CC(C(N)O)C(C)C=C1N=Cc1ccc(F)cc1)CC(O)O. The molecule has 4 atom stereocenters. The van der Waals surface area contributed by atoms with Crippen LogP contribution in [0.25, 0.3) is 0 Å². The fraction of sp³-hybridized carbons (Fsp3) is 0.455. The molecule has 0 aromatic heterocycles. The summed E-state index contributed by atoms with van der Waals surface area (Å²) in [6.07, 6.45) is 6.61. The van der Waals surface area contributed by atoms with Gasteiger partial charge in [0.1, 0.15) is 12.0 Å². The third-order valence-corrected chi connectivity index (χ3v) is 4.89. The van der Waals surface area contributed by atoms with E-state index in [0.717, 1.165) is 12.0 Å². The highest BCUT2D eigenvalue weighted by Crippen LogP contribution is 2.30. The van der Waals surface area contributed by atoms with Crippen molar-refractivity contribution in [2.24, 2.45) is 33.5 Å². The number of nitrogens with zero attached hydrogens (tertiary/aromatic N) is 2. The van der Waals surface area contributed by atoms with Crippen molar-refractivity contribution in [2.75, 3.05) is 0 Å². The molecule has 0 radical (unpaired) electrons. The van der Waals surface area contributed by atoms with E-state index in [2.05, 4.69) is 9.98 Å². The van der Waals surface area contributed by atoms with Gasteiger partial charge in [-0.2, -0.15) is 0 Å². The van der Waals surface area contributed by atoms with Gasteiger partial charge in [0.2, 0.25) is 0 Å². The lowest BCUT2D eigenvalue weighted by molar-refractivity contribution is -0.0548. The van der Waals surface area contributed by atoms with Gasteiger partial charge in [0, 0.05) is 24.8 Å². The molecule has 2 rings (SSSR count). The molecular weight excluding hydrogens is 373 g/mol. The van der Waals surface area contributed by atoms with E-state index in [9.17, 15) is 9.50 Å². The molecule has 1 aliphatic carbocycles. The van der Waals surface area contributed by atoms with Gasteiger partial charge >= 0.3 is 0 Å². The van der Waals surface area contributed by atoms with Crippen LogP contribution in [-0.2, 0) is 0 Å². The quantitative estimate of drug-likeness (QED) is 0.375. The molecule has 0 saturated heterocycles. The first kappa shape index (κ1) is 23.1. The second kappa shape index (κ2) is 11.1. The smallest absolute Gasteiger partial charge is 0.151 e. The number of hydrogen-bond acceptors (Lipinski definition) is 6. The molecule has 1 aliphatic rings. The van der Waals surface area contributed by atoms with Crippen molar-refractivity contribution < 1.29 is 19.7 Å². The Balaban J connectivity index is 2.12. The van der Waals surface area contributed by atoms with Gasteiger partial charge < -0.3 is 21.1 Å². The number of allylic oxidation sites excluding steroid dienone is 1. The monoisotopic (exact) mass is 403 g/mol. The third kappa shape index (κ3) is 7.62. The number of benzene rings is 1. The number of hydrogen-bond donors (Lipinski definition) is 4. The van der Waals surface area contributed by atoms with Gasteiger partial charge in [-0.3, -0.25) is 9.98 Å². The molecule has 7 heteroatoms. The predicted molar refractivity (Wildman–Crippen MR) is 113 cm³/mol. The Morgan fingerprint density at radius 3 is 2.38 bits per heavy atom. The van der Waals surface area contributed by atoms with Crippen LogP contribution in [0.3, 0.4) is 0 Å². The molecule has 29 heavy (non-hydrogen) atoms. The van der Waals surface area contributed by atoms with Crippen molar-refractivity contribution in [3.05, 3.63) is 59.2 Å². The Kier molecular flexibility index (Phi) is 8.85. The molecule has 0 bridgehead atoms. The number of aliphatic hydroxyl groups excluding tert-OH is 2. The highest BCUT2D eigenvalue weighted by Gasteiger charge is 2.25. The molecule has 0 fully saturated rings. The van der Waals surface area contributed by atoms with Crippen molar-refractivity contribution in [2.45, 2.75) is 45.6 Å². The number of aliphatic hydroxyl groups is 3. The summed E-state index contributed by atoms with van der Waals surface area (Å²) in [6.45, 7) is 3.90. The van der Waals surface area contributed by atoms with Gasteiger partial charge in [0.15, 0.2) is 6.29 Å². The maximum Gasteiger partial charge on any atom is 0.151 e. The van der Waals surface area contributed by atoms with Gasteiger partial charge in [-0.15, -0.1) is 0 Å². The molecule has 1 aromatic rings. The van der Waals surface area contributed by atoms with E-state index in [1.165, 1.54) is 12.1 Å². The zero-order chi connectivity index (χ0) is 21.4. The highest BCUT2D eigenvalue weighted by atomic mass is 19.1. The van der Waals surface area contributed by atoms with Gasteiger partial charge in [0.05, 0.1) is 11.4 Å². The Hall–Kier alpha value is -2.19. The topological polar surface area (TPSA) is 111 Å². The largest absolute Gasteiger partial charge is 0.378 e. The summed E-state index contributed by atoms with van der Waals surface area (Å²) < 4.78 is 13.1. The Bertz CT molecular complexity index is 770. The van der Waals surface area contributed by atoms with Gasteiger partial charge in [-0.25, -0.2) is 4.39 Å². The zero-order valence-electron chi connectivity index (χ0n) is 16.8. The van der Waals surface area contributed by atoms with Crippen LogP contribution in [0.2, 0.25) is 0 Å². The van der Waals surface area contributed by atoms with Crippen LogP contribution in [0.1, 0.15) is 38.7 Å². The maximum atomic E-state index is 13.1. The van der Waals surface area contributed by atoms with E-state index in [-0.39, 0.29) is 23.6 Å². The number of aliphatic imine (C=N–C) groups is 2. The van der Waals surface area contributed by atoms with E-state index >= 15 is 0 Å². The molecule has 0 heterocycles. The summed E-state index contributed by atoms with van der Waals surface area (Å²) in [4.78, 5) is 9.02. The lowest BCUT2D eigenvalue weighted by Crippen LogP contribution is -2.33. The summed E-state index contributed by atoms with van der Waals surface area (Å²) in [5.41, 5.74) is 7.74. The van der Waals surface area contributed by atoms with E-state index in [4.69, 9.17) is 15.9 Å². The third-order valence-electron chi connectivity index (χ3n) is 4.89. The number of rotatable bonds is 9. The van der Waals surface area contributed by atoms with Crippen molar-refractivity contribution in [3.63, 3.8) is 0 Å². The van der Waals surface area contributed by atoms with E-state index < -0.39 is 12.5 Å². The summed E-state index contributed by atoms with van der Waals surface area (Å²) >= 11 is 0. The second-order valence-corrected chi connectivity index (χ2v) is 7.55. The summed E-state index contributed by atoms with van der Waals surface area (Å²) in [7, 11) is 0. The van der Waals surface area contributed by atoms with Crippen LogP contribution in [0.4, 0.5) is 4.39 Å². The predicted octanol–water partition coefficient (Wildman–Crippen LogP) is 2.74. The molecule has 0 amide bonds. The van der Waals surface area contributed by atoms with E-state index in [0.29, 0.717) is 24.2 Å². The van der Waals surface area contributed by atoms with Crippen LogP contribution in [0.15, 0.2) is 57.8 Å². The van der Waals surface area contributed by atoms with Gasteiger partial charge in [-0.1, -0.05) is 32.1 Å². The summed E-state index contributed by atoms with van der Waals surface area (Å²) in [6, 6.07) is 6.03. The second-order valence-electron chi connectivity index (χ2n) is 7.55. The van der Waals surface area contributed by atoms with Crippen molar-refractivity contribution >= 4 is 12.4 Å². The first-order valence-electron chi connectivity index (χ1n) is 9.82. The van der Waals surface area contributed by atoms with E-state index in [1.807, 2.05) is 26.0 Å². The average molecular weight is 403 g/mol. The molecule has 1 aromatic carbocycles. The minimum atomic E-state index is -1.30. The average Bonchev–Trinajstić information content (AvgIpc) is 2.65. The maximum absolute atomic E-state index is 13.1. The van der Waals surface area contributed by atoms with Crippen molar-refractivity contribution in [3.8, 4) is 0 Å². The lowest BCUT2D eigenvalue weighted by Gasteiger charge is -2.26. The van der Waals surface area contributed by atoms with Crippen LogP contribution in [0.5, 0.6) is 0 Å². The van der Waals surface area contributed by atoms with Crippen LogP contribution in [0, 0.1) is 23.6 Å². The molecule has 0 aliphatic heterocycles. The standard InChI is InChI=1S/C22H30FN3O3/c1-14(10-21(27)28)4-3-9-25-20-12-18(22(24)29)15(2)11-19(20)26-13-16-5-7-17(23)8-6-16/h5-9,11-15,18,21-22,27-29H,3-4,10,24H2,1-2H3. The fourth-order valence-corrected chi connectivity index (χ4v) is 3.19. The first-order chi connectivity index (χ1) is 13.8. The zero-order valence-corrected chi connectivity index (χ0v) is 16.8. The summed E-state index contributed by atoms with van der Waals surface area (Å²) in [5.74, 6) is -0.428. The van der Waals surface area contributed by atoms with Gasteiger partial charge in [-0.05, 0) is 48.4 Å². The summed E-state index contributed by atoms with van der Waals surface area (Å²) in [5, 5.41) is 27.9. The van der Waals surface area contributed by atoms with Crippen LogP contribution >= 0.6 is 0 Å². The van der Waals surface area contributed by atoms with E-state index in [1.54, 1.807) is 24.6 Å². The Labute approximate surface area is 171 Å². The Morgan fingerprint density at radius 2 is 1.76 bits per heavy atom. The minimum Gasteiger partial charge on any atom is -0.378 e. The molecule has 5 N–H and O–H groups in total. The normalized spacial score (nSPS) is 22.2. The number of nitrogens with two attached hydrogens (primary N) is 1.